The third-order valence-electron chi connectivity index (χ3n) is 3.17. The predicted molar refractivity (Wildman–Crippen MR) is 66.5 cm³/mol. The zero-order valence-corrected chi connectivity index (χ0v) is 11.5. The highest BCUT2D eigenvalue weighted by molar-refractivity contribution is 6.20. The van der Waals surface area contributed by atoms with Crippen molar-refractivity contribution in [2.24, 2.45) is 5.41 Å². The molecular formula is C13H25ClO. The van der Waals surface area contributed by atoms with Crippen LogP contribution in [0, 0.1) is 5.41 Å². The van der Waals surface area contributed by atoms with Crippen molar-refractivity contribution >= 4 is 11.6 Å². The molecule has 0 aliphatic carbocycles. The summed E-state index contributed by atoms with van der Waals surface area (Å²) >= 11 is 6.06. The van der Waals surface area contributed by atoms with E-state index in [1.165, 1.54) is 12.8 Å². The minimum absolute atomic E-state index is 0.0906. The van der Waals surface area contributed by atoms with Crippen molar-refractivity contribution in [3.05, 3.63) is 0 Å². The molecule has 15 heavy (non-hydrogen) atoms. The molecule has 1 aliphatic heterocycles. The van der Waals surface area contributed by atoms with Crippen LogP contribution in [0.4, 0.5) is 0 Å². The molecule has 2 unspecified atom stereocenters. The van der Waals surface area contributed by atoms with Crippen LogP contribution >= 0.6 is 11.6 Å². The van der Waals surface area contributed by atoms with Crippen molar-refractivity contribution in [2.45, 2.75) is 77.4 Å². The average Bonchev–Trinajstić information content (AvgIpc) is 2.25. The van der Waals surface area contributed by atoms with E-state index in [9.17, 15) is 0 Å². The zero-order chi connectivity index (χ0) is 11.7. The van der Waals surface area contributed by atoms with E-state index < -0.39 is 0 Å². The van der Waals surface area contributed by atoms with Crippen LogP contribution in [0.5, 0.6) is 0 Å². The van der Waals surface area contributed by atoms with E-state index in [2.05, 4.69) is 34.6 Å². The molecule has 1 aliphatic rings. The van der Waals surface area contributed by atoms with Gasteiger partial charge in [0.2, 0.25) is 0 Å². The Morgan fingerprint density at radius 2 is 2.07 bits per heavy atom. The summed E-state index contributed by atoms with van der Waals surface area (Å²) in [5, 5.41) is 0.259. The molecular weight excluding hydrogens is 208 g/mol. The van der Waals surface area contributed by atoms with Crippen molar-refractivity contribution in [1.29, 1.82) is 0 Å². The van der Waals surface area contributed by atoms with Gasteiger partial charge in [0, 0.05) is 5.38 Å². The summed E-state index contributed by atoms with van der Waals surface area (Å²) in [4.78, 5) is 0. The summed E-state index contributed by atoms with van der Waals surface area (Å²) in [5.74, 6) is 0. The molecule has 0 aromatic carbocycles. The van der Waals surface area contributed by atoms with E-state index in [1.54, 1.807) is 0 Å². The van der Waals surface area contributed by atoms with Gasteiger partial charge in [0.05, 0.1) is 11.7 Å². The maximum absolute atomic E-state index is 6.06. The highest BCUT2D eigenvalue weighted by Gasteiger charge is 2.35. The lowest BCUT2D eigenvalue weighted by atomic mass is 9.82. The third-order valence-corrected chi connectivity index (χ3v) is 3.32. The summed E-state index contributed by atoms with van der Waals surface area (Å²) in [6.45, 7) is 11.0. The van der Waals surface area contributed by atoms with Gasteiger partial charge in [-0.25, -0.2) is 0 Å². The van der Waals surface area contributed by atoms with Gasteiger partial charge in [-0.1, -0.05) is 13.8 Å². The maximum atomic E-state index is 6.06. The van der Waals surface area contributed by atoms with Gasteiger partial charge in [-0.2, -0.15) is 0 Å². The fourth-order valence-corrected chi connectivity index (χ4v) is 3.10. The summed E-state index contributed by atoms with van der Waals surface area (Å²) < 4.78 is 6.02. The summed E-state index contributed by atoms with van der Waals surface area (Å²) in [6.07, 6.45) is 5.02. The van der Waals surface area contributed by atoms with Crippen LogP contribution < -0.4 is 0 Å². The van der Waals surface area contributed by atoms with E-state index in [0.29, 0.717) is 11.5 Å². The van der Waals surface area contributed by atoms with Crippen LogP contribution in [0.3, 0.4) is 0 Å². The first-order valence-electron chi connectivity index (χ1n) is 6.02. The lowest BCUT2D eigenvalue weighted by Crippen LogP contribution is -2.26. The monoisotopic (exact) mass is 232 g/mol. The molecule has 0 amide bonds. The molecule has 0 saturated carbocycles. The molecule has 0 aromatic rings. The van der Waals surface area contributed by atoms with Gasteiger partial charge < -0.3 is 4.74 Å². The van der Waals surface area contributed by atoms with Crippen molar-refractivity contribution in [3.8, 4) is 0 Å². The molecule has 1 fully saturated rings. The average molecular weight is 233 g/mol. The fourth-order valence-electron chi connectivity index (χ4n) is 2.68. The minimum Gasteiger partial charge on any atom is -0.372 e. The Kier molecular flexibility index (Phi) is 4.11. The van der Waals surface area contributed by atoms with Crippen LogP contribution in [0.25, 0.3) is 0 Å². The third kappa shape index (κ3) is 4.74. The Bertz CT molecular complexity index is 209. The Morgan fingerprint density at radius 1 is 1.47 bits per heavy atom. The second kappa shape index (κ2) is 4.63. The topological polar surface area (TPSA) is 9.23 Å². The molecule has 0 radical (unpaired) electrons. The molecule has 2 atom stereocenters. The first-order valence-corrected chi connectivity index (χ1v) is 6.46. The van der Waals surface area contributed by atoms with Crippen molar-refractivity contribution in [2.75, 3.05) is 0 Å². The van der Waals surface area contributed by atoms with Crippen molar-refractivity contribution < 1.29 is 4.74 Å². The van der Waals surface area contributed by atoms with Crippen LogP contribution in [0.2, 0.25) is 0 Å². The van der Waals surface area contributed by atoms with E-state index in [0.717, 1.165) is 12.8 Å². The Morgan fingerprint density at radius 3 is 2.47 bits per heavy atom. The number of rotatable bonds is 4. The Labute approximate surface area is 99.5 Å². The first-order chi connectivity index (χ1) is 6.70. The number of ether oxygens (including phenoxy) is 1. The van der Waals surface area contributed by atoms with Gasteiger partial charge in [0.25, 0.3) is 0 Å². The van der Waals surface area contributed by atoms with Crippen LogP contribution in [-0.4, -0.2) is 17.1 Å². The SMILES string of the molecule is CC(Cl)CC(C)(C)CC1CCC(C)(C)O1. The predicted octanol–water partition coefficient (Wildman–Crippen LogP) is 4.38. The van der Waals surface area contributed by atoms with E-state index in [-0.39, 0.29) is 11.0 Å². The second-order valence-corrected chi connectivity index (χ2v) is 7.14. The summed E-state index contributed by atoms with van der Waals surface area (Å²) in [6, 6.07) is 0. The molecule has 1 rings (SSSR count). The van der Waals surface area contributed by atoms with Crippen LogP contribution in [0.15, 0.2) is 0 Å². The summed E-state index contributed by atoms with van der Waals surface area (Å²) in [7, 11) is 0. The Balaban J connectivity index is 2.41. The molecule has 2 heteroatoms. The standard InChI is InChI=1S/C13H25ClO/c1-10(14)8-12(2,3)9-11-6-7-13(4,5)15-11/h10-11H,6-9H2,1-5H3. The second-order valence-electron chi connectivity index (χ2n) is 6.39. The number of halogens is 1. The van der Waals surface area contributed by atoms with E-state index >= 15 is 0 Å². The highest BCUT2D eigenvalue weighted by atomic mass is 35.5. The maximum Gasteiger partial charge on any atom is 0.0631 e. The fraction of sp³-hybridized carbons (Fsp3) is 1.00. The number of alkyl halides is 1. The van der Waals surface area contributed by atoms with Crippen LogP contribution in [0.1, 0.15) is 60.3 Å². The number of hydrogen-bond donors (Lipinski definition) is 0. The van der Waals surface area contributed by atoms with Crippen LogP contribution in [-0.2, 0) is 4.74 Å². The quantitative estimate of drug-likeness (QED) is 0.654. The van der Waals surface area contributed by atoms with Gasteiger partial charge in [0.15, 0.2) is 0 Å². The normalized spacial score (nSPS) is 28.0. The smallest absolute Gasteiger partial charge is 0.0631 e. The highest BCUT2D eigenvalue weighted by Crippen LogP contribution is 2.38. The summed E-state index contributed by atoms with van der Waals surface area (Å²) in [5.41, 5.74) is 0.388. The molecule has 90 valence electrons. The van der Waals surface area contributed by atoms with E-state index in [1.807, 2.05) is 0 Å². The molecule has 1 heterocycles. The molecule has 1 nitrogen and oxygen atoms in total. The molecule has 0 spiro atoms. The lowest BCUT2D eigenvalue weighted by Gasteiger charge is -2.30. The number of hydrogen-bond acceptors (Lipinski definition) is 1. The van der Waals surface area contributed by atoms with Gasteiger partial charge in [-0.15, -0.1) is 11.6 Å². The van der Waals surface area contributed by atoms with Crippen molar-refractivity contribution in [1.82, 2.24) is 0 Å². The first kappa shape index (κ1) is 13.3. The molecule has 1 saturated heterocycles. The zero-order valence-electron chi connectivity index (χ0n) is 10.8. The van der Waals surface area contributed by atoms with E-state index in [4.69, 9.17) is 16.3 Å². The lowest BCUT2D eigenvalue weighted by molar-refractivity contribution is -0.0326. The van der Waals surface area contributed by atoms with Gasteiger partial charge in [0.1, 0.15) is 0 Å². The largest absolute Gasteiger partial charge is 0.372 e. The Hall–Kier alpha value is 0.250. The van der Waals surface area contributed by atoms with Gasteiger partial charge >= 0.3 is 0 Å². The molecule has 0 aromatic heterocycles. The van der Waals surface area contributed by atoms with Gasteiger partial charge in [-0.3, -0.25) is 0 Å². The minimum atomic E-state index is 0.0906. The molecule has 0 bridgehead atoms. The van der Waals surface area contributed by atoms with Crippen molar-refractivity contribution in [3.63, 3.8) is 0 Å². The molecule has 0 N–H and O–H groups in total. The van der Waals surface area contributed by atoms with Gasteiger partial charge in [-0.05, 0) is 51.9 Å².